The average Bonchev–Trinajstić information content (AvgIpc) is 3.09. The van der Waals surface area contributed by atoms with Gasteiger partial charge in [0.05, 0.1) is 5.75 Å². The lowest BCUT2D eigenvalue weighted by atomic mass is 10.1. The van der Waals surface area contributed by atoms with Crippen LogP contribution in [0.15, 0.2) is 27.8 Å². The van der Waals surface area contributed by atoms with E-state index in [-0.39, 0.29) is 11.0 Å². The van der Waals surface area contributed by atoms with E-state index in [1.54, 1.807) is 0 Å². The largest absolute Gasteiger partial charge is 0.444 e. The van der Waals surface area contributed by atoms with Crippen LogP contribution in [0.1, 0.15) is 62.6 Å². The second kappa shape index (κ2) is 10.1. The van der Waals surface area contributed by atoms with E-state index >= 15 is 0 Å². The number of carbonyl (C=O) groups is 1. The van der Waals surface area contributed by atoms with Crippen molar-refractivity contribution in [3.8, 4) is 0 Å². The quantitative estimate of drug-likeness (QED) is 0.592. The van der Waals surface area contributed by atoms with Crippen LogP contribution in [-0.4, -0.2) is 36.9 Å². The number of alkyl carbamates (subject to hydrolysis) is 1. The van der Waals surface area contributed by atoms with Crippen molar-refractivity contribution in [1.82, 2.24) is 15.5 Å². The molecule has 30 heavy (non-hydrogen) atoms. The Balaban J connectivity index is 1.78. The number of aromatic nitrogens is 2. The highest BCUT2D eigenvalue weighted by Gasteiger charge is 2.24. The predicted molar refractivity (Wildman–Crippen MR) is 113 cm³/mol. The van der Waals surface area contributed by atoms with Gasteiger partial charge in [-0.1, -0.05) is 35.3 Å². The third-order valence-electron chi connectivity index (χ3n) is 4.30. The maximum atomic E-state index is 12.6. The summed E-state index contributed by atoms with van der Waals surface area (Å²) >= 11 is 0. The van der Waals surface area contributed by atoms with E-state index in [4.69, 9.17) is 9.15 Å². The van der Waals surface area contributed by atoms with Crippen molar-refractivity contribution in [3.05, 3.63) is 40.8 Å². The van der Waals surface area contributed by atoms with Crippen molar-refractivity contribution in [2.24, 2.45) is 0 Å². The van der Waals surface area contributed by atoms with Gasteiger partial charge in [-0.2, -0.15) is 0 Å². The van der Waals surface area contributed by atoms with E-state index in [0.717, 1.165) is 36.0 Å². The van der Waals surface area contributed by atoms with E-state index in [9.17, 15) is 13.2 Å². The number of hydrogen-bond donors (Lipinski definition) is 1. The summed E-state index contributed by atoms with van der Waals surface area (Å²) in [7, 11) is -3.70. The minimum atomic E-state index is -3.70. The third kappa shape index (κ3) is 7.78. The molecule has 0 fully saturated rings. The van der Waals surface area contributed by atoms with Crippen molar-refractivity contribution in [2.45, 2.75) is 76.9 Å². The van der Waals surface area contributed by atoms with Gasteiger partial charge in [-0.25, -0.2) is 13.2 Å². The Bertz CT molecular complexity index is 961. The number of nitrogens with zero attached hydrogens (tertiary/aromatic N) is 2. The number of aryl methyl sites for hydroxylation is 3. The number of unbranched alkanes of at least 4 members (excludes halogenated alkanes) is 2. The molecule has 0 unspecified atom stereocenters. The summed E-state index contributed by atoms with van der Waals surface area (Å²) < 4.78 is 35.8. The molecule has 0 atom stereocenters. The van der Waals surface area contributed by atoms with Gasteiger partial charge in [0, 0.05) is 13.0 Å². The Morgan fingerprint density at radius 1 is 1.13 bits per heavy atom. The van der Waals surface area contributed by atoms with Crippen LogP contribution >= 0.6 is 0 Å². The van der Waals surface area contributed by atoms with Crippen molar-refractivity contribution in [1.29, 1.82) is 0 Å². The van der Waals surface area contributed by atoms with Gasteiger partial charge in [0.25, 0.3) is 0 Å². The fourth-order valence-electron chi connectivity index (χ4n) is 2.77. The van der Waals surface area contributed by atoms with Crippen LogP contribution in [0.5, 0.6) is 0 Å². The molecule has 0 bridgehead atoms. The van der Waals surface area contributed by atoms with Crippen LogP contribution < -0.4 is 5.32 Å². The third-order valence-corrected chi connectivity index (χ3v) is 5.69. The molecule has 1 heterocycles. The highest BCUT2D eigenvalue weighted by Crippen LogP contribution is 2.19. The van der Waals surface area contributed by atoms with Crippen LogP contribution in [0.25, 0.3) is 0 Å². The van der Waals surface area contributed by atoms with Crippen molar-refractivity contribution in [2.75, 3.05) is 6.54 Å². The fraction of sp³-hybridized carbons (Fsp3) is 0.571. The van der Waals surface area contributed by atoms with Gasteiger partial charge in [-0.3, -0.25) is 0 Å². The molecule has 166 valence electrons. The van der Waals surface area contributed by atoms with Gasteiger partial charge in [0.1, 0.15) is 5.60 Å². The van der Waals surface area contributed by atoms with Crippen LogP contribution in [0.2, 0.25) is 0 Å². The molecular formula is C21H31N3O5S. The highest BCUT2D eigenvalue weighted by atomic mass is 32.2. The van der Waals surface area contributed by atoms with Crippen LogP contribution in [0.4, 0.5) is 4.79 Å². The number of rotatable bonds is 9. The molecule has 0 aliphatic carbocycles. The summed E-state index contributed by atoms with van der Waals surface area (Å²) in [5, 5.41) is 9.95. The summed E-state index contributed by atoms with van der Waals surface area (Å²) in [6.45, 7) is 9.74. The first-order valence-electron chi connectivity index (χ1n) is 10.0. The molecule has 1 aromatic heterocycles. The smallest absolute Gasteiger partial charge is 0.407 e. The first kappa shape index (κ1) is 23.9. The standard InChI is InChI=1S/C21H31N3O5S/c1-15-10-11-16(2)17(13-15)14-30(26,27)20-24-23-18(28-20)9-7-6-8-12-22-19(25)29-21(3,4)5/h10-11,13H,6-9,12,14H2,1-5H3,(H,22,25). The topological polar surface area (TPSA) is 111 Å². The van der Waals surface area contributed by atoms with Gasteiger partial charge < -0.3 is 14.5 Å². The Labute approximate surface area is 178 Å². The molecule has 0 radical (unpaired) electrons. The summed E-state index contributed by atoms with van der Waals surface area (Å²) in [5.41, 5.74) is 2.12. The number of ether oxygens (including phenoxy) is 1. The zero-order chi connectivity index (χ0) is 22.4. The Morgan fingerprint density at radius 2 is 1.87 bits per heavy atom. The zero-order valence-corrected chi connectivity index (χ0v) is 19.1. The summed E-state index contributed by atoms with van der Waals surface area (Å²) in [6, 6.07) is 5.70. The number of benzene rings is 1. The van der Waals surface area contributed by atoms with Gasteiger partial charge in [0.2, 0.25) is 15.7 Å². The van der Waals surface area contributed by atoms with Crippen LogP contribution in [0, 0.1) is 13.8 Å². The monoisotopic (exact) mass is 437 g/mol. The van der Waals surface area contributed by atoms with Gasteiger partial charge >= 0.3 is 11.3 Å². The number of hydrogen-bond acceptors (Lipinski definition) is 7. The number of sulfone groups is 1. The molecule has 8 nitrogen and oxygen atoms in total. The molecule has 0 aliphatic heterocycles. The first-order valence-corrected chi connectivity index (χ1v) is 11.7. The van der Waals surface area contributed by atoms with Gasteiger partial charge in [0.15, 0.2) is 0 Å². The minimum Gasteiger partial charge on any atom is -0.444 e. The van der Waals surface area contributed by atoms with E-state index in [2.05, 4.69) is 15.5 Å². The molecule has 0 saturated carbocycles. The van der Waals surface area contributed by atoms with Crippen molar-refractivity contribution < 1.29 is 22.4 Å². The Kier molecular flexibility index (Phi) is 8.00. The SMILES string of the molecule is Cc1ccc(C)c(CS(=O)(=O)c2nnc(CCCCCNC(=O)OC(C)(C)C)o2)c1. The molecule has 1 N–H and O–H groups in total. The second-order valence-electron chi connectivity index (χ2n) is 8.39. The lowest BCUT2D eigenvalue weighted by Gasteiger charge is -2.19. The molecule has 2 aromatic rings. The molecule has 0 aliphatic rings. The Hall–Kier alpha value is -2.42. The lowest BCUT2D eigenvalue weighted by Crippen LogP contribution is -2.32. The maximum Gasteiger partial charge on any atom is 0.407 e. The summed E-state index contributed by atoms with van der Waals surface area (Å²) in [4.78, 5) is 11.6. The van der Waals surface area contributed by atoms with Gasteiger partial charge in [-0.05, 0) is 58.6 Å². The zero-order valence-electron chi connectivity index (χ0n) is 18.3. The molecule has 1 aromatic carbocycles. The van der Waals surface area contributed by atoms with E-state index < -0.39 is 21.5 Å². The van der Waals surface area contributed by atoms with Gasteiger partial charge in [-0.15, -0.1) is 5.10 Å². The molecule has 0 saturated heterocycles. The molecule has 9 heteroatoms. The maximum absolute atomic E-state index is 12.6. The molecule has 1 amide bonds. The average molecular weight is 438 g/mol. The van der Waals surface area contributed by atoms with E-state index in [0.29, 0.717) is 18.9 Å². The van der Waals surface area contributed by atoms with Crippen LogP contribution in [-0.2, 0) is 26.7 Å². The van der Waals surface area contributed by atoms with E-state index in [1.165, 1.54) is 0 Å². The first-order chi connectivity index (χ1) is 14.0. The number of carbonyl (C=O) groups excluding carboxylic acids is 1. The lowest BCUT2D eigenvalue weighted by molar-refractivity contribution is 0.0527. The Morgan fingerprint density at radius 3 is 2.57 bits per heavy atom. The summed E-state index contributed by atoms with van der Waals surface area (Å²) in [5.74, 6) is 0.132. The second-order valence-corrected chi connectivity index (χ2v) is 10.3. The van der Waals surface area contributed by atoms with Crippen LogP contribution in [0.3, 0.4) is 0 Å². The summed E-state index contributed by atoms with van der Waals surface area (Å²) in [6.07, 6.45) is 2.39. The fourth-order valence-corrected chi connectivity index (χ4v) is 4.00. The van der Waals surface area contributed by atoms with Crippen molar-refractivity contribution >= 4 is 15.9 Å². The molecule has 0 spiro atoms. The predicted octanol–water partition coefficient (Wildman–Crippen LogP) is 3.90. The minimum absolute atomic E-state index is 0.168. The number of nitrogens with one attached hydrogen (secondary N) is 1. The molecule has 2 rings (SSSR count). The van der Waals surface area contributed by atoms with Crippen molar-refractivity contribution in [3.63, 3.8) is 0 Å². The number of amides is 1. The highest BCUT2D eigenvalue weighted by molar-refractivity contribution is 7.90. The molecular weight excluding hydrogens is 406 g/mol. The normalized spacial score (nSPS) is 12.0. The van der Waals surface area contributed by atoms with E-state index in [1.807, 2.05) is 52.8 Å².